The SMILES string of the molecule is CCN(C(=O)c1cnc2c(c1)c(C)nn2C)C(C)c1ccc(C#N)cc1. The van der Waals surface area contributed by atoms with Gasteiger partial charge in [0.15, 0.2) is 5.65 Å². The summed E-state index contributed by atoms with van der Waals surface area (Å²) in [5.74, 6) is -0.0676. The van der Waals surface area contributed by atoms with Gasteiger partial charge < -0.3 is 4.90 Å². The topological polar surface area (TPSA) is 74.8 Å². The number of fused-ring (bicyclic) bond motifs is 1. The molecule has 0 radical (unpaired) electrons. The van der Waals surface area contributed by atoms with E-state index in [0.717, 1.165) is 22.3 Å². The fourth-order valence-corrected chi connectivity index (χ4v) is 3.20. The van der Waals surface area contributed by atoms with Gasteiger partial charge in [-0.3, -0.25) is 9.48 Å². The second kappa shape index (κ2) is 6.96. The molecule has 0 saturated carbocycles. The van der Waals surface area contributed by atoms with E-state index in [0.29, 0.717) is 17.7 Å². The lowest BCUT2D eigenvalue weighted by atomic mass is 10.0. The summed E-state index contributed by atoms with van der Waals surface area (Å²) in [5.41, 5.74) is 3.77. The maximum Gasteiger partial charge on any atom is 0.255 e. The number of hydrogen-bond donors (Lipinski definition) is 0. The zero-order valence-corrected chi connectivity index (χ0v) is 15.4. The minimum absolute atomic E-state index is 0.0676. The highest BCUT2D eigenvalue weighted by Gasteiger charge is 2.22. The van der Waals surface area contributed by atoms with Gasteiger partial charge in [0.1, 0.15) is 0 Å². The van der Waals surface area contributed by atoms with Crippen LogP contribution in [0.25, 0.3) is 11.0 Å². The van der Waals surface area contributed by atoms with Gasteiger partial charge in [-0.1, -0.05) is 12.1 Å². The molecule has 3 rings (SSSR count). The van der Waals surface area contributed by atoms with E-state index < -0.39 is 0 Å². The Morgan fingerprint density at radius 1 is 1.35 bits per heavy atom. The average molecular weight is 347 g/mol. The third-order valence-electron chi connectivity index (χ3n) is 4.70. The summed E-state index contributed by atoms with van der Waals surface area (Å²) in [4.78, 5) is 19.3. The molecule has 0 spiro atoms. The second-order valence-electron chi connectivity index (χ2n) is 6.31. The number of benzene rings is 1. The van der Waals surface area contributed by atoms with Crippen LogP contribution in [-0.2, 0) is 7.05 Å². The van der Waals surface area contributed by atoms with Gasteiger partial charge in [-0.05, 0) is 44.5 Å². The quantitative estimate of drug-likeness (QED) is 0.725. The monoisotopic (exact) mass is 347 g/mol. The van der Waals surface area contributed by atoms with E-state index in [1.807, 2.05) is 46.0 Å². The van der Waals surface area contributed by atoms with Gasteiger partial charge in [0.05, 0.1) is 28.9 Å². The molecule has 132 valence electrons. The Balaban J connectivity index is 1.93. The molecule has 3 aromatic rings. The fourth-order valence-electron chi connectivity index (χ4n) is 3.20. The standard InChI is InChI=1S/C20H21N5O/c1-5-25(14(3)16-8-6-15(11-21)7-9-16)20(26)17-10-18-13(2)23-24(4)19(18)22-12-17/h6-10,12,14H,5H2,1-4H3. The first-order chi connectivity index (χ1) is 12.5. The van der Waals surface area contributed by atoms with Gasteiger partial charge in [0.2, 0.25) is 0 Å². The van der Waals surface area contributed by atoms with Gasteiger partial charge in [0, 0.05) is 25.2 Å². The van der Waals surface area contributed by atoms with E-state index in [2.05, 4.69) is 16.2 Å². The Kier molecular flexibility index (Phi) is 4.72. The molecule has 0 saturated heterocycles. The normalized spacial score (nSPS) is 12.0. The molecule has 2 aromatic heterocycles. The maximum absolute atomic E-state index is 13.1. The number of hydrogen-bond acceptors (Lipinski definition) is 4. The average Bonchev–Trinajstić information content (AvgIpc) is 2.95. The molecule has 0 aliphatic heterocycles. The molecule has 6 nitrogen and oxygen atoms in total. The van der Waals surface area contributed by atoms with Crippen molar-refractivity contribution in [3.8, 4) is 6.07 Å². The molecule has 2 heterocycles. The van der Waals surface area contributed by atoms with E-state index in [4.69, 9.17) is 5.26 Å². The number of pyridine rings is 1. The minimum Gasteiger partial charge on any atom is -0.332 e. The number of aromatic nitrogens is 3. The number of nitrogens with zero attached hydrogens (tertiary/aromatic N) is 5. The lowest BCUT2D eigenvalue weighted by molar-refractivity contribution is 0.0702. The molecule has 0 fully saturated rings. The van der Waals surface area contributed by atoms with E-state index >= 15 is 0 Å². The van der Waals surface area contributed by atoms with Crippen molar-refractivity contribution in [2.45, 2.75) is 26.8 Å². The Hall–Kier alpha value is -3.20. The highest BCUT2D eigenvalue weighted by molar-refractivity contribution is 5.97. The molecule has 26 heavy (non-hydrogen) atoms. The number of amides is 1. The molecule has 1 unspecified atom stereocenters. The summed E-state index contributed by atoms with van der Waals surface area (Å²) in [5, 5.41) is 14.2. The molecule has 0 aliphatic carbocycles. The van der Waals surface area contributed by atoms with E-state index in [9.17, 15) is 4.79 Å². The number of carbonyl (C=O) groups excluding carboxylic acids is 1. The van der Waals surface area contributed by atoms with Crippen LogP contribution in [0.4, 0.5) is 0 Å². The first-order valence-corrected chi connectivity index (χ1v) is 8.56. The van der Waals surface area contributed by atoms with Gasteiger partial charge in [-0.2, -0.15) is 10.4 Å². The summed E-state index contributed by atoms with van der Waals surface area (Å²) < 4.78 is 1.72. The molecule has 0 N–H and O–H groups in total. The summed E-state index contributed by atoms with van der Waals surface area (Å²) in [6.45, 7) is 6.43. The third kappa shape index (κ3) is 3.04. The number of aryl methyl sites for hydroxylation is 2. The highest BCUT2D eigenvalue weighted by Crippen LogP contribution is 2.24. The summed E-state index contributed by atoms with van der Waals surface area (Å²) >= 11 is 0. The van der Waals surface area contributed by atoms with Crippen LogP contribution in [0.2, 0.25) is 0 Å². The van der Waals surface area contributed by atoms with Crippen molar-refractivity contribution >= 4 is 16.9 Å². The van der Waals surface area contributed by atoms with Crippen molar-refractivity contribution in [3.63, 3.8) is 0 Å². The molecule has 0 bridgehead atoms. The van der Waals surface area contributed by atoms with Crippen molar-refractivity contribution in [3.05, 3.63) is 58.9 Å². The van der Waals surface area contributed by atoms with Crippen molar-refractivity contribution in [2.24, 2.45) is 7.05 Å². The van der Waals surface area contributed by atoms with Gasteiger partial charge in [-0.25, -0.2) is 4.98 Å². The van der Waals surface area contributed by atoms with E-state index in [1.165, 1.54) is 0 Å². The maximum atomic E-state index is 13.1. The smallest absolute Gasteiger partial charge is 0.255 e. The Morgan fingerprint density at radius 2 is 2.04 bits per heavy atom. The van der Waals surface area contributed by atoms with Crippen molar-refractivity contribution in [1.82, 2.24) is 19.7 Å². The summed E-state index contributed by atoms with van der Waals surface area (Å²) in [6, 6.07) is 11.2. The molecule has 1 atom stereocenters. The molecular weight excluding hydrogens is 326 g/mol. The largest absolute Gasteiger partial charge is 0.332 e. The number of nitriles is 1. The van der Waals surface area contributed by atoms with Crippen LogP contribution in [0.5, 0.6) is 0 Å². The van der Waals surface area contributed by atoms with Crippen molar-refractivity contribution < 1.29 is 4.79 Å². The predicted molar refractivity (Wildman–Crippen MR) is 99.5 cm³/mol. The first kappa shape index (κ1) is 17.6. The van der Waals surface area contributed by atoms with Crippen LogP contribution in [0.1, 0.15) is 47.1 Å². The van der Waals surface area contributed by atoms with Crippen LogP contribution >= 0.6 is 0 Å². The molecule has 1 amide bonds. The number of carbonyl (C=O) groups is 1. The van der Waals surface area contributed by atoms with Gasteiger partial charge in [-0.15, -0.1) is 0 Å². The molecule has 1 aromatic carbocycles. The Morgan fingerprint density at radius 3 is 2.65 bits per heavy atom. The van der Waals surface area contributed by atoms with Crippen molar-refractivity contribution in [2.75, 3.05) is 6.54 Å². The minimum atomic E-state index is -0.106. The zero-order valence-electron chi connectivity index (χ0n) is 15.4. The summed E-state index contributed by atoms with van der Waals surface area (Å²) in [7, 11) is 1.84. The highest BCUT2D eigenvalue weighted by atomic mass is 16.2. The van der Waals surface area contributed by atoms with Gasteiger partial charge >= 0.3 is 0 Å². The molecular formula is C20H21N5O. The predicted octanol–water partition coefficient (Wildman–Crippen LogP) is 3.37. The third-order valence-corrected chi connectivity index (χ3v) is 4.70. The van der Waals surface area contributed by atoms with Crippen LogP contribution in [0.15, 0.2) is 36.5 Å². The van der Waals surface area contributed by atoms with Crippen LogP contribution in [0.3, 0.4) is 0 Å². The van der Waals surface area contributed by atoms with Gasteiger partial charge in [0.25, 0.3) is 5.91 Å². The van der Waals surface area contributed by atoms with Crippen LogP contribution in [-0.4, -0.2) is 32.1 Å². The Labute approximate surface area is 152 Å². The molecule has 6 heteroatoms. The molecule has 0 aliphatic rings. The van der Waals surface area contributed by atoms with E-state index in [-0.39, 0.29) is 11.9 Å². The first-order valence-electron chi connectivity index (χ1n) is 8.56. The summed E-state index contributed by atoms with van der Waals surface area (Å²) in [6.07, 6.45) is 1.61. The number of rotatable bonds is 4. The van der Waals surface area contributed by atoms with E-state index in [1.54, 1.807) is 27.9 Å². The van der Waals surface area contributed by atoms with Crippen LogP contribution in [0, 0.1) is 18.3 Å². The second-order valence-corrected chi connectivity index (χ2v) is 6.31. The van der Waals surface area contributed by atoms with Crippen molar-refractivity contribution in [1.29, 1.82) is 5.26 Å². The fraction of sp³-hybridized carbons (Fsp3) is 0.300. The lowest BCUT2D eigenvalue weighted by Crippen LogP contribution is -2.33. The Bertz CT molecular complexity index is 997. The lowest BCUT2D eigenvalue weighted by Gasteiger charge is -2.28. The van der Waals surface area contributed by atoms with Crippen LogP contribution < -0.4 is 0 Å². The zero-order chi connectivity index (χ0) is 18.8.